The van der Waals surface area contributed by atoms with Crippen molar-refractivity contribution in [2.24, 2.45) is 0 Å². The van der Waals surface area contributed by atoms with Gasteiger partial charge >= 0.3 is 6.09 Å². The molecule has 1 aliphatic carbocycles. The van der Waals surface area contributed by atoms with Crippen LogP contribution >= 0.6 is 0 Å². The summed E-state index contributed by atoms with van der Waals surface area (Å²) in [5, 5.41) is 8.63. The van der Waals surface area contributed by atoms with E-state index in [0.29, 0.717) is 6.54 Å². The highest BCUT2D eigenvalue weighted by atomic mass is 19.1. The van der Waals surface area contributed by atoms with Gasteiger partial charge in [0.05, 0.1) is 6.61 Å². The molecule has 0 heterocycles. The van der Waals surface area contributed by atoms with Gasteiger partial charge in [-0.2, -0.15) is 0 Å². The van der Waals surface area contributed by atoms with Crippen LogP contribution < -0.4 is 0 Å². The molecular weight excluding hydrogens is 237 g/mol. The molecule has 18 heavy (non-hydrogen) atoms. The number of ether oxygens (including phenoxy) is 1. The van der Waals surface area contributed by atoms with Gasteiger partial charge in [-0.3, -0.25) is 0 Å². The van der Waals surface area contributed by atoms with Gasteiger partial charge in [-0.25, -0.2) is 9.18 Å². The highest BCUT2D eigenvalue weighted by Gasteiger charge is 2.33. The van der Waals surface area contributed by atoms with Crippen LogP contribution in [-0.2, 0) is 11.3 Å². The predicted octanol–water partition coefficient (Wildman–Crippen LogP) is 1.92. The van der Waals surface area contributed by atoms with Crippen LogP contribution in [0.4, 0.5) is 9.18 Å². The summed E-state index contributed by atoms with van der Waals surface area (Å²) in [4.78, 5) is 13.4. The smallest absolute Gasteiger partial charge is 0.410 e. The number of rotatable bonds is 5. The summed E-state index contributed by atoms with van der Waals surface area (Å²) in [6.45, 7) is 0.141. The van der Waals surface area contributed by atoms with Gasteiger partial charge in [0, 0.05) is 12.6 Å². The van der Waals surface area contributed by atoms with Crippen molar-refractivity contribution in [3.63, 3.8) is 0 Å². The number of halogens is 1. The van der Waals surface area contributed by atoms with Crippen molar-refractivity contribution in [3.8, 4) is 0 Å². The number of hydrogen-bond donors (Lipinski definition) is 1. The van der Waals surface area contributed by atoms with Gasteiger partial charge in [0.25, 0.3) is 0 Å². The predicted molar refractivity (Wildman–Crippen MR) is 63.4 cm³/mol. The Balaban J connectivity index is 2.00. The number of nitrogens with zero attached hydrogens (tertiary/aromatic N) is 1. The summed E-state index contributed by atoms with van der Waals surface area (Å²) in [5.74, 6) is -0.313. The van der Waals surface area contributed by atoms with Gasteiger partial charge < -0.3 is 14.7 Å². The summed E-state index contributed by atoms with van der Waals surface area (Å²) in [6.07, 6.45) is 1.45. The molecule has 2 rings (SSSR count). The minimum Gasteiger partial charge on any atom is -0.447 e. The van der Waals surface area contributed by atoms with E-state index in [-0.39, 0.29) is 25.1 Å². The Morgan fingerprint density at radius 3 is 2.89 bits per heavy atom. The van der Waals surface area contributed by atoms with E-state index < -0.39 is 6.09 Å². The second kappa shape index (κ2) is 5.82. The van der Waals surface area contributed by atoms with Gasteiger partial charge in [-0.1, -0.05) is 12.1 Å². The van der Waals surface area contributed by atoms with Gasteiger partial charge in [-0.05, 0) is 30.5 Å². The first-order valence-electron chi connectivity index (χ1n) is 5.99. The van der Waals surface area contributed by atoms with E-state index in [0.717, 1.165) is 18.4 Å². The molecule has 0 spiro atoms. The third kappa shape index (κ3) is 3.43. The molecule has 98 valence electrons. The molecule has 5 heteroatoms. The average molecular weight is 253 g/mol. The molecule has 0 aliphatic heterocycles. The first-order chi connectivity index (χ1) is 8.70. The van der Waals surface area contributed by atoms with E-state index in [4.69, 9.17) is 9.84 Å². The van der Waals surface area contributed by atoms with Crippen LogP contribution in [0.5, 0.6) is 0 Å². The quantitative estimate of drug-likeness (QED) is 0.872. The molecule has 0 atom stereocenters. The topological polar surface area (TPSA) is 49.8 Å². The standard InChI is InChI=1S/C13H16FNO3/c14-11-3-1-2-10(8-11)9-15(12-4-5-12)13(17)18-7-6-16/h1-3,8,12,16H,4-7,9H2. The normalized spacial score (nSPS) is 14.3. The Labute approximate surface area is 105 Å². The lowest BCUT2D eigenvalue weighted by Crippen LogP contribution is -2.33. The lowest BCUT2D eigenvalue weighted by molar-refractivity contribution is 0.0797. The van der Waals surface area contributed by atoms with Crippen LogP contribution in [0, 0.1) is 5.82 Å². The highest BCUT2D eigenvalue weighted by Crippen LogP contribution is 2.29. The fourth-order valence-corrected chi connectivity index (χ4v) is 1.78. The van der Waals surface area contributed by atoms with E-state index in [1.165, 1.54) is 12.1 Å². The number of aliphatic hydroxyl groups excluding tert-OH is 1. The van der Waals surface area contributed by atoms with Crippen LogP contribution in [-0.4, -0.2) is 35.4 Å². The second-order valence-corrected chi connectivity index (χ2v) is 4.33. The van der Waals surface area contributed by atoms with E-state index >= 15 is 0 Å². The van der Waals surface area contributed by atoms with Gasteiger partial charge in [0.1, 0.15) is 12.4 Å². The van der Waals surface area contributed by atoms with Crippen molar-refractivity contribution in [2.75, 3.05) is 13.2 Å². The third-order valence-electron chi connectivity index (χ3n) is 2.78. The maximum atomic E-state index is 13.1. The molecule has 0 radical (unpaired) electrons. The minimum absolute atomic E-state index is 0.00873. The summed E-state index contributed by atoms with van der Waals surface area (Å²) < 4.78 is 18.0. The molecule has 0 saturated heterocycles. The number of hydrogen-bond acceptors (Lipinski definition) is 3. The molecule has 1 saturated carbocycles. The van der Waals surface area contributed by atoms with Gasteiger partial charge in [0.15, 0.2) is 0 Å². The summed E-state index contributed by atoms with van der Waals surface area (Å²) in [6, 6.07) is 6.36. The molecule has 0 aromatic heterocycles. The number of carbonyl (C=O) groups excluding carboxylic acids is 1. The van der Waals surface area contributed by atoms with Crippen LogP contribution in [0.1, 0.15) is 18.4 Å². The largest absolute Gasteiger partial charge is 0.447 e. The zero-order valence-electron chi connectivity index (χ0n) is 10.0. The number of benzene rings is 1. The van der Waals surface area contributed by atoms with Crippen molar-refractivity contribution in [1.29, 1.82) is 0 Å². The number of carbonyl (C=O) groups is 1. The number of amides is 1. The van der Waals surface area contributed by atoms with E-state index in [9.17, 15) is 9.18 Å². The first kappa shape index (κ1) is 12.8. The van der Waals surface area contributed by atoms with Gasteiger partial charge in [0.2, 0.25) is 0 Å². The Morgan fingerprint density at radius 2 is 2.28 bits per heavy atom. The fraction of sp³-hybridized carbons (Fsp3) is 0.462. The SMILES string of the molecule is O=C(OCCO)N(Cc1cccc(F)c1)C1CC1. The van der Waals surface area contributed by atoms with Crippen molar-refractivity contribution in [2.45, 2.75) is 25.4 Å². The summed E-state index contributed by atoms with van der Waals surface area (Å²) in [5.41, 5.74) is 0.739. The van der Waals surface area contributed by atoms with Gasteiger partial charge in [-0.15, -0.1) is 0 Å². The van der Waals surface area contributed by atoms with E-state index in [2.05, 4.69) is 0 Å². The molecule has 1 amide bonds. The lowest BCUT2D eigenvalue weighted by Gasteiger charge is -2.21. The lowest BCUT2D eigenvalue weighted by atomic mass is 10.2. The van der Waals surface area contributed by atoms with Crippen molar-refractivity contribution in [3.05, 3.63) is 35.6 Å². The Kier molecular flexibility index (Phi) is 4.15. The molecule has 0 bridgehead atoms. The van der Waals surface area contributed by atoms with E-state index in [1.807, 2.05) is 0 Å². The molecule has 1 N–H and O–H groups in total. The van der Waals surface area contributed by atoms with Crippen LogP contribution in [0.3, 0.4) is 0 Å². The molecule has 1 aromatic rings. The molecular formula is C13H16FNO3. The average Bonchev–Trinajstić information content (AvgIpc) is 3.17. The Bertz CT molecular complexity index is 420. The van der Waals surface area contributed by atoms with Crippen LogP contribution in [0.2, 0.25) is 0 Å². The highest BCUT2D eigenvalue weighted by molar-refractivity contribution is 5.68. The molecule has 1 fully saturated rings. The minimum atomic E-state index is -0.448. The molecule has 1 aromatic carbocycles. The summed E-state index contributed by atoms with van der Waals surface area (Å²) >= 11 is 0. The van der Waals surface area contributed by atoms with Crippen molar-refractivity contribution in [1.82, 2.24) is 4.90 Å². The first-order valence-corrected chi connectivity index (χ1v) is 5.99. The zero-order chi connectivity index (χ0) is 13.0. The molecule has 1 aliphatic rings. The number of aliphatic hydroxyl groups is 1. The Morgan fingerprint density at radius 1 is 1.50 bits per heavy atom. The van der Waals surface area contributed by atoms with Crippen molar-refractivity contribution >= 4 is 6.09 Å². The van der Waals surface area contributed by atoms with Crippen molar-refractivity contribution < 1.29 is 19.0 Å². The maximum Gasteiger partial charge on any atom is 0.410 e. The van der Waals surface area contributed by atoms with Crippen LogP contribution in [0.25, 0.3) is 0 Å². The van der Waals surface area contributed by atoms with Crippen LogP contribution in [0.15, 0.2) is 24.3 Å². The monoisotopic (exact) mass is 253 g/mol. The molecule has 4 nitrogen and oxygen atoms in total. The zero-order valence-corrected chi connectivity index (χ0v) is 10.0. The second-order valence-electron chi connectivity index (χ2n) is 4.33. The summed E-state index contributed by atoms with van der Waals surface area (Å²) in [7, 11) is 0. The fourth-order valence-electron chi connectivity index (χ4n) is 1.78. The molecule has 0 unspecified atom stereocenters. The third-order valence-corrected chi connectivity index (χ3v) is 2.78. The van der Waals surface area contributed by atoms with E-state index in [1.54, 1.807) is 17.0 Å². The Hall–Kier alpha value is -1.62. The maximum absolute atomic E-state index is 13.1.